The third kappa shape index (κ3) is 2.92. The van der Waals surface area contributed by atoms with E-state index in [2.05, 4.69) is 4.90 Å². The van der Waals surface area contributed by atoms with Gasteiger partial charge in [-0.1, -0.05) is 18.2 Å². The van der Waals surface area contributed by atoms with Gasteiger partial charge in [0.05, 0.1) is 5.56 Å². The SMILES string of the molecule is FC(F)(F)c1cccc(CN2CCSC2)c1. The van der Waals surface area contributed by atoms with Gasteiger partial charge in [0, 0.05) is 24.7 Å². The number of rotatable bonds is 2. The molecule has 1 aromatic rings. The summed E-state index contributed by atoms with van der Waals surface area (Å²) in [5.74, 6) is 1.98. The molecular weight excluding hydrogens is 235 g/mol. The molecule has 0 radical (unpaired) electrons. The zero-order valence-corrected chi connectivity index (χ0v) is 9.44. The lowest BCUT2D eigenvalue weighted by Crippen LogP contribution is -2.19. The van der Waals surface area contributed by atoms with Gasteiger partial charge in [0.15, 0.2) is 0 Å². The summed E-state index contributed by atoms with van der Waals surface area (Å²) in [5.41, 5.74) is 0.175. The van der Waals surface area contributed by atoms with E-state index in [1.54, 1.807) is 6.07 Å². The number of halogens is 3. The average Bonchev–Trinajstić information content (AvgIpc) is 2.70. The molecule has 1 fully saturated rings. The van der Waals surface area contributed by atoms with Crippen LogP contribution in [0.25, 0.3) is 0 Å². The zero-order valence-electron chi connectivity index (χ0n) is 8.63. The molecule has 1 aliphatic heterocycles. The number of thioether (sulfide) groups is 1. The molecule has 0 atom stereocenters. The molecule has 16 heavy (non-hydrogen) atoms. The number of nitrogens with zero attached hydrogens (tertiary/aromatic N) is 1. The van der Waals surface area contributed by atoms with Crippen molar-refractivity contribution in [1.29, 1.82) is 0 Å². The van der Waals surface area contributed by atoms with Crippen LogP contribution in [0.5, 0.6) is 0 Å². The van der Waals surface area contributed by atoms with E-state index in [1.165, 1.54) is 12.1 Å². The Bertz CT molecular complexity index is 358. The van der Waals surface area contributed by atoms with Gasteiger partial charge in [-0.2, -0.15) is 13.2 Å². The van der Waals surface area contributed by atoms with Crippen LogP contribution in [0.15, 0.2) is 24.3 Å². The van der Waals surface area contributed by atoms with Crippen molar-refractivity contribution < 1.29 is 13.2 Å². The molecule has 0 spiro atoms. The largest absolute Gasteiger partial charge is 0.416 e. The lowest BCUT2D eigenvalue weighted by molar-refractivity contribution is -0.137. The summed E-state index contributed by atoms with van der Waals surface area (Å²) in [4.78, 5) is 2.15. The summed E-state index contributed by atoms with van der Waals surface area (Å²) in [6.45, 7) is 1.57. The maximum absolute atomic E-state index is 12.5. The Hall–Kier alpha value is -0.680. The topological polar surface area (TPSA) is 3.24 Å². The van der Waals surface area contributed by atoms with Crippen LogP contribution in [-0.2, 0) is 12.7 Å². The summed E-state index contributed by atoms with van der Waals surface area (Å²) in [6.07, 6.45) is -4.24. The molecule has 5 heteroatoms. The fraction of sp³-hybridized carbons (Fsp3) is 0.455. The van der Waals surface area contributed by atoms with Crippen LogP contribution in [0.4, 0.5) is 13.2 Å². The lowest BCUT2D eigenvalue weighted by Gasteiger charge is -2.15. The Morgan fingerprint density at radius 3 is 2.75 bits per heavy atom. The summed E-state index contributed by atoms with van der Waals surface area (Å²) in [6, 6.07) is 5.57. The molecule has 0 aliphatic carbocycles. The van der Waals surface area contributed by atoms with E-state index in [0.29, 0.717) is 6.54 Å². The summed E-state index contributed by atoms with van der Waals surface area (Å²) in [5, 5.41) is 0. The van der Waals surface area contributed by atoms with E-state index in [9.17, 15) is 13.2 Å². The highest BCUT2D eigenvalue weighted by Crippen LogP contribution is 2.30. The Kier molecular flexibility index (Phi) is 3.44. The van der Waals surface area contributed by atoms with Crippen molar-refractivity contribution >= 4 is 11.8 Å². The van der Waals surface area contributed by atoms with E-state index in [0.717, 1.165) is 29.8 Å². The normalized spacial score (nSPS) is 17.9. The zero-order chi connectivity index (χ0) is 11.6. The summed E-state index contributed by atoms with van der Waals surface area (Å²) >= 11 is 1.81. The first-order chi connectivity index (χ1) is 7.55. The van der Waals surface area contributed by atoms with Gasteiger partial charge in [-0.15, -0.1) is 11.8 Å². The molecule has 1 saturated heterocycles. The highest BCUT2D eigenvalue weighted by molar-refractivity contribution is 7.99. The monoisotopic (exact) mass is 247 g/mol. The molecule has 0 amide bonds. The molecule has 0 bridgehead atoms. The predicted octanol–water partition coefficient (Wildman–Crippen LogP) is 3.21. The maximum Gasteiger partial charge on any atom is 0.416 e. The molecule has 1 heterocycles. The van der Waals surface area contributed by atoms with Crippen LogP contribution >= 0.6 is 11.8 Å². The standard InChI is InChI=1S/C11H12F3NS/c12-11(13,14)10-3-1-2-9(6-10)7-15-4-5-16-8-15/h1-3,6H,4-5,7-8H2. The second kappa shape index (κ2) is 4.67. The van der Waals surface area contributed by atoms with Gasteiger partial charge in [0.2, 0.25) is 0 Å². The van der Waals surface area contributed by atoms with Crippen LogP contribution in [0.1, 0.15) is 11.1 Å². The van der Waals surface area contributed by atoms with E-state index in [4.69, 9.17) is 0 Å². The minimum atomic E-state index is -4.24. The number of hydrogen-bond donors (Lipinski definition) is 0. The molecule has 0 aromatic heterocycles. The minimum absolute atomic E-state index is 0.558. The van der Waals surface area contributed by atoms with Crippen molar-refractivity contribution in [3.05, 3.63) is 35.4 Å². The van der Waals surface area contributed by atoms with Crippen LogP contribution in [0, 0.1) is 0 Å². The molecule has 0 unspecified atom stereocenters. The van der Waals surface area contributed by atoms with Crippen LogP contribution in [-0.4, -0.2) is 23.1 Å². The Morgan fingerprint density at radius 1 is 1.31 bits per heavy atom. The molecule has 1 aromatic carbocycles. The Labute approximate surface area is 96.6 Å². The molecule has 0 N–H and O–H groups in total. The van der Waals surface area contributed by atoms with E-state index in [1.807, 2.05) is 11.8 Å². The highest BCUT2D eigenvalue weighted by Gasteiger charge is 2.30. The van der Waals surface area contributed by atoms with Crippen LogP contribution < -0.4 is 0 Å². The van der Waals surface area contributed by atoms with Crippen molar-refractivity contribution in [2.45, 2.75) is 12.7 Å². The van der Waals surface area contributed by atoms with Crippen molar-refractivity contribution in [2.75, 3.05) is 18.2 Å². The molecule has 1 aliphatic rings. The average molecular weight is 247 g/mol. The van der Waals surface area contributed by atoms with Gasteiger partial charge in [-0.25, -0.2) is 0 Å². The third-order valence-electron chi connectivity index (χ3n) is 2.49. The summed E-state index contributed by atoms with van der Waals surface area (Å²) in [7, 11) is 0. The van der Waals surface area contributed by atoms with E-state index >= 15 is 0 Å². The number of benzene rings is 1. The van der Waals surface area contributed by atoms with Gasteiger partial charge in [-0.05, 0) is 11.6 Å². The highest BCUT2D eigenvalue weighted by atomic mass is 32.2. The first-order valence-corrected chi connectivity index (χ1v) is 6.17. The van der Waals surface area contributed by atoms with Gasteiger partial charge < -0.3 is 0 Å². The van der Waals surface area contributed by atoms with Crippen molar-refractivity contribution in [3.63, 3.8) is 0 Å². The Morgan fingerprint density at radius 2 is 2.12 bits per heavy atom. The lowest BCUT2D eigenvalue weighted by atomic mass is 10.1. The van der Waals surface area contributed by atoms with Crippen molar-refractivity contribution in [2.24, 2.45) is 0 Å². The molecule has 2 rings (SSSR count). The quantitative estimate of drug-likeness (QED) is 0.789. The predicted molar refractivity (Wildman–Crippen MR) is 59.2 cm³/mol. The third-order valence-corrected chi connectivity index (χ3v) is 3.51. The number of alkyl halides is 3. The van der Waals surface area contributed by atoms with Gasteiger partial charge in [-0.3, -0.25) is 4.90 Å². The molecule has 0 saturated carbocycles. The van der Waals surface area contributed by atoms with E-state index in [-0.39, 0.29) is 0 Å². The van der Waals surface area contributed by atoms with Gasteiger partial charge in [0.1, 0.15) is 0 Å². The fourth-order valence-corrected chi connectivity index (χ4v) is 2.68. The fourth-order valence-electron chi connectivity index (χ4n) is 1.68. The van der Waals surface area contributed by atoms with E-state index < -0.39 is 11.7 Å². The number of hydrogen-bond acceptors (Lipinski definition) is 2. The molecule has 1 nitrogen and oxygen atoms in total. The first kappa shape index (κ1) is 11.8. The second-order valence-electron chi connectivity index (χ2n) is 3.79. The minimum Gasteiger partial charge on any atom is -0.289 e. The Balaban J connectivity index is 2.09. The van der Waals surface area contributed by atoms with Crippen LogP contribution in [0.3, 0.4) is 0 Å². The molecule has 88 valence electrons. The summed E-state index contributed by atoms with van der Waals surface area (Å²) < 4.78 is 37.4. The van der Waals surface area contributed by atoms with Crippen molar-refractivity contribution in [3.8, 4) is 0 Å². The maximum atomic E-state index is 12.5. The second-order valence-corrected chi connectivity index (χ2v) is 4.86. The van der Waals surface area contributed by atoms with Crippen LogP contribution in [0.2, 0.25) is 0 Å². The molecular formula is C11H12F3NS. The van der Waals surface area contributed by atoms with Gasteiger partial charge in [0.25, 0.3) is 0 Å². The van der Waals surface area contributed by atoms with Gasteiger partial charge >= 0.3 is 6.18 Å². The van der Waals surface area contributed by atoms with Crippen molar-refractivity contribution in [1.82, 2.24) is 4.90 Å². The first-order valence-electron chi connectivity index (χ1n) is 5.02. The smallest absolute Gasteiger partial charge is 0.289 e.